The Morgan fingerprint density at radius 1 is 0.652 bits per heavy atom. The number of carbonyl (C=O) groups excluding carboxylic acids is 6. The van der Waals surface area contributed by atoms with Gasteiger partial charge >= 0.3 is 6.09 Å². The summed E-state index contributed by atoms with van der Waals surface area (Å²) < 4.78 is 53.1. The van der Waals surface area contributed by atoms with Gasteiger partial charge in [0.1, 0.15) is 18.7 Å². The van der Waals surface area contributed by atoms with Gasteiger partial charge in [-0.1, -0.05) is 91.8 Å². The molecule has 0 aromatic heterocycles. The highest BCUT2D eigenvalue weighted by Gasteiger charge is 2.42. The van der Waals surface area contributed by atoms with Crippen LogP contribution in [0.4, 0.5) is 21.9 Å². The zero-order valence-electron chi connectivity index (χ0n) is 55.4. The van der Waals surface area contributed by atoms with E-state index in [0.29, 0.717) is 75.0 Å². The second-order valence-corrected chi connectivity index (χ2v) is 35.8. The van der Waals surface area contributed by atoms with Crippen LogP contribution in [0.3, 0.4) is 0 Å². The molecule has 0 spiro atoms. The van der Waals surface area contributed by atoms with E-state index in [1.165, 1.54) is 33.3 Å². The molecule has 2 aliphatic rings. The number of carbonyl (C=O) groups is 6. The van der Waals surface area contributed by atoms with Gasteiger partial charge in [0.2, 0.25) is 17.7 Å². The molecule has 2 aliphatic heterocycles. The van der Waals surface area contributed by atoms with Gasteiger partial charge in [-0.05, 0) is 91.8 Å². The number of benzene rings is 3. The van der Waals surface area contributed by atoms with Crippen molar-refractivity contribution in [2.24, 2.45) is 5.92 Å². The number of hydrogen-bond donors (Lipinski definition) is 5. The van der Waals surface area contributed by atoms with Gasteiger partial charge in [-0.3, -0.25) is 29.3 Å². The number of nitrogens with one attached hydrogen (secondary N) is 4. The molecule has 0 bridgehead atoms. The summed E-state index contributed by atoms with van der Waals surface area (Å²) in [6.07, 6.45) is 0.710. The van der Waals surface area contributed by atoms with Crippen LogP contribution in [0.5, 0.6) is 23.0 Å². The molecule has 6 N–H and O–H groups in total. The third-order valence-electron chi connectivity index (χ3n) is 16.8. The van der Waals surface area contributed by atoms with Crippen LogP contribution in [0, 0.1) is 5.92 Å². The molecular weight excluding hydrogens is 1170 g/mol. The molecule has 0 unspecified atom stereocenters. The van der Waals surface area contributed by atoms with Gasteiger partial charge in [-0.15, -0.1) is 0 Å². The Morgan fingerprint density at radius 3 is 1.67 bits per heavy atom. The van der Waals surface area contributed by atoms with Crippen LogP contribution in [0.15, 0.2) is 72.8 Å². The second kappa shape index (κ2) is 32.2. The van der Waals surface area contributed by atoms with Crippen LogP contribution in [0.25, 0.3) is 0 Å². The summed E-state index contributed by atoms with van der Waals surface area (Å²) in [6.45, 7) is 37.6. The number of anilines is 3. The molecule has 0 saturated carbocycles. The van der Waals surface area contributed by atoms with E-state index < -0.39 is 52.5 Å². The van der Waals surface area contributed by atoms with E-state index in [9.17, 15) is 28.8 Å². The Balaban J connectivity index is 1.26. The van der Waals surface area contributed by atoms with E-state index in [0.717, 1.165) is 11.1 Å². The Labute approximate surface area is 528 Å². The molecule has 2 fully saturated rings. The van der Waals surface area contributed by atoms with E-state index in [4.69, 9.17) is 47.7 Å². The predicted octanol–water partition coefficient (Wildman–Crippen LogP) is 10.1. The smallest absolute Gasteiger partial charge is 0.411 e. The average Bonchev–Trinajstić information content (AvgIpc) is 1.95. The van der Waals surface area contributed by atoms with Crippen molar-refractivity contribution in [2.75, 3.05) is 97.0 Å². The van der Waals surface area contributed by atoms with Gasteiger partial charge in [0.25, 0.3) is 11.8 Å². The van der Waals surface area contributed by atoms with Crippen LogP contribution >= 0.6 is 0 Å². The summed E-state index contributed by atoms with van der Waals surface area (Å²) in [5, 5.41) is 10.9. The fourth-order valence-electron chi connectivity index (χ4n) is 9.24. The molecule has 0 radical (unpaired) electrons. The molecular formula is C65H99N7O15Si2. The Morgan fingerprint density at radius 2 is 1.17 bits per heavy atom. The van der Waals surface area contributed by atoms with Crippen LogP contribution in [0.1, 0.15) is 114 Å². The van der Waals surface area contributed by atoms with E-state index in [2.05, 4.69) is 102 Å². The minimum atomic E-state index is -2.21. The number of rotatable bonds is 31. The van der Waals surface area contributed by atoms with Crippen LogP contribution < -0.4 is 45.9 Å². The molecule has 492 valence electrons. The van der Waals surface area contributed by atoms with Crippen molar-refractivity contribution in [3.63, 3.8) is 0 Å². The first-order valence-corrected chi connectivity index (χ1v) is 36.2. The number of hydrogen-bond acceptors (Lipinski definition) is 16. The summed E-state index contributed by atoms with van der Waals surface area (Å²) in [6, 6.07) is 10.4. The number of ether oxygens (including phenoxy) is 7. The van der Waals surface area contributed by atoms with Crippen molar-refractivity contribution < 1.29 is 70.8 Å². The summed E-state index contributed by atoms with van der Waals surface area (Å²) in [5.74, 6) is -1.17. The van der Waals surface area contributed by atoms with E-state index >= 15 is 0 Å². The maximum atomic E-state index is 14.8. The van der Waals surface area contributed by atoms with Crippen molar-refractivity contribution in [1.29, 1.82) is 0 Å². The highest BCUT2D eigenvalue weighted by Crippen LogP contribution is 2.41. The summed E-state index contributed by atoms with van der Waals surface area (Å²) in [4.78, 5) is 85.2. The van der Waals surface area contributed by atoms with Gasteiger partial charge in [0.15, 0.2) is 39.6 Å². The fourth-order valence-corrected chi connectivity index (χ4v) is 11.3. The van der Waals surface area contributed by atoms with Crippen molar-refractivity contribution in [3.8, 4) is 23.0 Å². The van der Waals surface area contributed by atoms with Gasteiger partial charge < -0.3 is 73.5 Å². The largest absolute Gasteiger partial charge is 0.493 e. The molecule has 5 rings (SSSR count). The first-order chi connectivity index (χ1) is 41.7. The highest BCUT2D eigenvalue weighted by atomic mass is 28.4. The molecule has 3 aromatic rings. The SMILES string of the molecule is C=C1C[C@H](CO[Si](C)(C)C(C)(C)C)N(C(=O)c2cc(OC)c(OCCCOc3cc(NC(=O)OCc4ccc(NC(=O)[C@H](C)NC(=O)[C@@H](NC(=O)CCOCCOC)C(C)C)cc4)c(C(=O)N4CC(=C)C[C@@H]4CO[Si](C)(C)C(C)(C)C)cc3OC)cc2N)C1. The zero-order valence-corrected chi connectivity index (χ0v) is 57.4. The third-order valence-corrected chi connectivity index (χ3v) is 25.8. The minimum absolute atomic E-state index is 0.00898. The van der Waals surface area contributed by atoms with Crippen molar-refractivity contribution >= 4 is 69.3 Å². The van der Waals surface area contributed by atoms with Crippen LogP contribution in [-0.4, -0.2) is 167 Å². The lowest BCUT2D eigenvalue weighted by atomic mass is 10.0. The van der Waals surface area contributed by atoms with Crippen LogP contribution in [0.2, 0.25) is 36.3 Å². The number of nitrogens with zero attached hydrogens (tertiary/aromatic N) is 2. The molecule has 2 saturated heterocycles. The van der Waals surface area contributed by atoms with Crippen molar-refractivity contribution in [3.05, 3.63) is 89.5 Å². The van der Waals surface area contributed by atoms with Gasteiger partial charge in [-0.2, -0.15) is 0 Å². The summed E-state index contributed by atoms with van der Waals surface area (Å²) in [5.41, 5.74) is 10.1. The third kappa shape index (κ3) is 20.5. The Kier molecular flexibility index (Phi) is 26.3. The lowest BCUT2D eigenvalue weighted by Gasteiger charge is -2.38. The first-order valence-electron chi connectivity index (χ1n) is 30.4. The van der Waals surface area contributed by atoms with Gasteiger partial charge in [0.05, 0.1) is 89.4 Å². The molecule has 0 aliphatic carbocycles. The summed E-state index contributed by atoms with van der Waals surface area (Å²) in [7, 11) is 0.205. The average molecular weight is 1270 g/mol. The molecule has 3 aromatic carbocycles. The molecule has 6 amide bonds. The molecule has 22 nitrogen and oxygen atoms in total. The number of nitrogens with two attached hydrogens (primary N) is 1. The number of nitrogen functional groups attached to an aromatic ring is 1. The first kappa shape index (κ1) is 72.8. The zero-order chi connectivity index (χ0) is 66.2. The normalized spacial score (nSPS) is 16.2. The number of likely N-dealkylation sites (tertiary alicyclic amines) is 2. The fraction of sp³-hybridized carbons (Fsp3) is 0.569. The minimum Gasteiger partial charge on any atom is -0.493 e. The highest BCUT2D eigenvalue weighted by molar-refractivity contribution is 6.74. The standard InChI is InChI=1S/C65H99N7O15Si2/c1-41(2)58(70-57(73)24-27-82-29-28-79-12)60(75)67-44(5)59(74)68-46-22-20-45(21-23-46)38-85-63(78)69-52-35-56(54(81-14)33-50(52)62(77)72-37-43(4)31-48(72)40-87-89(17,18)65(9,10)11)84-26-19-25-83-55-34-51(66)49(32-53(55)80-13)61(76)71-36-42(3)30-47(71)39-86-88(15,16)64(6,7)8/h20-23,32-35,41,44,47-48,58H,3-4,19,24-31,36-40,66H2,1-2,5-18H3,(H,67,75)(H,68,74)(H,69,78)(H,70,73)/t44-,47+,48+,58-/m0/s1. The number of methoxy groups -OCH3 is 3. The predicted molar refractivity (Wildman–Crippen MR) is 350 cm³/mol. The molecule has 4 atom stereocenters. The maximum absolute atomic E-state index is 14.8. The van der Waals surface area contributed by atoms with Crippen molar-refractivity contribution in [1.82, 2.24) is 20.4 Å². The van der Waals surface area contributed by atoms with Gasteiger partial charge in [-0.25, -0.2) is 4.79 Å². The van der Waals surface area contributed by atoms with E-state index in [1.54, 1.807) is 67.2 Å². The lowest BCUT2D eigenvalue weighted by molar-refractivity contribution is -0.132. The topological polar surface area (TPSA) is 266 Å². The maximum Gasteiger partial charge on any atom is 0.411 e. The Hall–Kier alpha value is -6.97. The molecule has 2 heterocycles. The second-order valence-electron chi connectivity index (χ2n) is 26.2. The van der Waals surface area contributed by atoms with E-state index in [-0.39, 0.29) is 113 Å². The van der Waals surface area contributed by atoms with Gasteiger partial charge in [0, 0.05) is 56.5 Å². The molecule has 89 heavy (non-hydrogen) atoms. The number of amides is 6. The quantitative estimate of drug-likeness (QED) is 0.0174. The van der Waals surface area contributed by atoms with E-state index in [1.807, 2.05) is 0 Å². The lowest BCUT2D eigenvalue weighted by Crippen LogP contribution is -2.53. The summed E-state index contributed by atoms with van der Waals surface area (Å²) >= 11 is 0. The van der Waals surface area contributed by atoms with Crippen molar-refractivity contribution in [2.45, 2.75) is 155 Å². The van der Waals surface area contributed by atoms with Crippen LogP contribution in [-0.2, 0) is 44.1 Å². The monoisotopic (exact) mass is 1270 g/mol. The Bertz CT molecular complexity index is 2980. The molecule has 24 heteroatoms.